The highest BCUT2D eigenvalue weighted by atomic mass is 32.2. The smallest absolute Gasteiger partial charge is 0.176 e. The number of aromatic nitrogens is 1. The van der Waals surface area contributed by atoms with Gasteiger partial charge < -0.3 is 4.52 Å². The van der Waals surface area contributed by atoms with Crippen molar-refractivity contribution in [1.82, 2.24) is 5.16 Å². The monoisotopic (exact) mass is 251 g/mol. The Bertz CT molecular complexity index is 656. The minimum absolute atomic E-state index is 0.272. The van der Waals surface area contributed by atoms with Gasteiger partial charge in [0.25, 0.3) is 0 Å². The Morgan fingerprint density at radius 1 is 1.24 bits per heavy atom. The van der Waals surface area contributed by atoms with Crippen molar-refractivity contribution in [3.8, 4) is 11.3 Å². The molecule has 90 valence electrons. The molecule has 2 aromatic rings. The summed E-state index contributed by atoms with van der Waals surface area (Å²) in [6.07, 6.45) is 1.19. The van der Waals surface area contributed by atoms with Crippen molar-refractivity contribution < 1.29 is 12.9 Å². The third-order valence-electron chi connectivity index (χ3n) is 2.51. The number of hydrogen-bond donors (Lipinski definition) is 0. The van der Waals surface area contributed by atoms with E-state index < -0.39 is 9.84 Å². The van der Waals surface area contributed by atoms with E-state index in [4.69, 9.17) is 4.52 Å². The molecular formula is C12H13NO3S. The summed E-state index contributed by atoms with van der Waals surface area (Å²) < 4.78 is 28.6. The molecule has 2 rings (SSSR count). The van der Waals surface area contributed by atoms with Gasteiger partial charge in [-0.15, -0.1) is 0 Å². The van der Waals surface area contributed by atoms with Gasteiger partial charge in [0.1, 0.15) is 0 Å². The van der Waals surface area contributed by atoms with Gasteiger partial charge in [0.05, 0.1) is 10.6 Å². The molecule has 0 spiro atoms. The Morgan fingerprint density at radius 2 is 1.94 bits per heavy atom. The fourth-order valence-corrected chi connectivity index (χ4v) is 2.71. The van der Waals surface area contributed by atoms with E-state index in [2.05, 4.69) is 5.16 Å². The van der Waals surface area contributed by atoms with Gasteiger partial charge >= 0.3 is 0 Å². The van der Waals surface area contributed by atoms with Crippen LogP contribution in [-0.2, 0) is 9.84 Å². The van der Waals surface area contributed by atoms with E-state index in [1.165, 1.54) is 6.26 Å². The predicted molar refractivity (Wildman–Crippen MR) is 64.5 cm³/mol. The summed E-state index contributed by atoms with van der Waals surface area (Å²) in [5, 5.41) is 3.79. The average Bonchev–Trinajstić information content (AvgIpc) is 2.63. The normalized spacial score (nSPS) is 11.7. The van der Waals surface area contributed by atoms with Crippen LogP contribution in [0.5, 0.6) is 0 Å². The summed E-state index contributed by atoms with van der Waals surface area (Å²) >= 11 is 0. The van der Waals surface area contributed by atoms with Crippen LogP contribution in [0, 0.1) is 13.8 Å². The van der Waals surface area contributed by atoms with E-state index in [1.807, 2.05) is 13.0 Å². The minimum atomic E-state index is -3.28. The number of benzene rings is 1. The summed E-state index contributed by atoms with van der Waals surface area (Å²) in [7, 11) is -3.28. The summed E-state index contributed by atoms with van der Waals surface area (Å²) in [5.74, 6) is 0.487. The highest BCUT2D eigenvalue weighted by Crippen LogP contribution is 2.30. The second kappa shape index (κ2) is 4.00. The standard InChI is InChI=1S/C12H13NO3S/c1-8-5-4-6-11(17(3,14)15)12(8)10-7-9(2)13-16-10/h4-7H,1-3H3. The van der Waals surface area contributed by atoms with Crippen LogP contribution in [0.1, 0.15) is 11.3 Å². The van der Waals surface area contributed by atoms with Crippen LogP contribution < -0.4 is 0 Å². The van der Waals surface area contributed by atoms with Crippen LogP contribution in [0.15, 0.2) is 33.7 Å². The van der Waals surface area contributed by atoms with Crippen LogP contribution in [0.3, 0.4) is 0 Å². The molecule has 0 N–H and O–H groups in total. The molecule has 1 aromatic heterocycles. The molecule has 0 saturated carbocycles. The number of nitrogens with zero attached hydrogens (tertiary/aromatic N) is 1. The zero-order valence-corrected chi connectivity index (χ0v) is 10.7. The van der Waals surface area contributed by atoms with Crippen LogP contribution >= 0.6 is 0 Å². The predicted octanol–water partition coefficient (Wildman–Crippen LogP) is 2.36. The number of hydrogen-bond acceptors (Lipinski definition) is 4. The van der Waals surface area contributed by atoms with Gasteiger partial charge in [-0.1, -0.05) is 17.3 Å². The summed E-state index contributed by atoms with van der Waals surface area (Å²) in [4.78, 5) is 0.272. The molecule has 0 fully saturated rings. The van der Waals surface area contributed by atoms with E-state index in [0.29, 0.717) is 11.3 Å². The Hall–Kier alpha value is -1.62. The number of rotatable bonds is 2. The molecule has 0 aliphatic carbocycles. The second-order valence-electron chi connectivity index (χ2n) is 4.05. The number of sulfone groups is 1. The van der Waals surface area contributed by atoms with Crippen LogP contribution in [0.25, 0.3) is 11.3 Å². The number of aryl methyl sites for hydroxylation is 2. The molecule has 0 radical (unpaired) electrons. The molecule has 4 nitrogen and oxygen atoms in total. The Balaban J connectivity index is 2.76. The van der Waals surface area contributed by atoms with E-state index >= 15 is 0 Å². The lowest BCUT2D eigenvalue weighted by atomic mass is 10.1. The topological polar surface area (TPSA) is 60.2 Å². The molecule has 5 heteroatoms. The van der Waals surface area contributed by atoms with Crippen molar-refractivity contribution in [1.29, 1.82) is 0 Å². The van der Waals surface area contributed by atoms with Crippen molar-refractivity contribution in [2.45, 2.75) is 18.7 Å². The first kappa shape index (κ1) is 11.9. The third-order valence-corrected chi connectivity index (χ3v) is 3.65. The maximum absolute atomic E-state index is 11.7. The zero-order valence-electron chi connectivity index (χ0n) is 9.89. The maximum atomic E-state index is 11.7. The molecule has 0 amide bonds. The van der Waals surface area contributed by atoms with Crippen LogP contribution in [0.4, 0.5) is 0 Å². The van der Waals surface area contributed by atoms with Gasteiger partial charge in [0.15, 0.2) is 15.6 Å². The molecular weight excluding hydrogens is 238 g/mol. The van der Waals surface area contributed by atoms with Crippen molar-refractivity contribution in [3.63, 3.8) is 0 Å². The Kier molecular flexibility index (Phi) is 2.79. The van der Waals surface area contributed by atoms with E-state index in [1.54, 1.807) is 25.1 Å². The summed E-state index contributed by atoms with van der Waals surface area (Å²) in [6, 6.07) is 6.88. The van der Waals surface area contributed by atoms with E-state index in [-0.39, 0.29) is 4.90 Å². The summed E-state index contributed by atoms with van der Waals surface area (Å²) in [6.45, 7) is 3.65. The lowest BCUT2D eigenvalue weighted by Crippen LogP contribution is -2.00. The lowest BCUT2D eigenvalue weighted by molar-refractivity contribution is 0.426. The van der Waals surface area contributed by atoms with E-state index in [9.17, 15) is 8.42 Å². The largest absolute Gasteiger partial charge is 0.356 e. The van der Waals surface area contributed by atoms with Crippen molar-refractivity contribution >= 4 is 9.84 Å². The van der Waals surface area contributed by atoms with Gasteiger partial charge in [-0.2, -0.15) is 0 Å². The molecule has 1 heterocycles. The van der Waals surface area contributed by atoms with Gasteiger partial charge in [0.2, 0.25) is 0 Å². The summed E-state index contributed by atoms with van der Waals surface area (Å²) in [5.41, 5.74) is 2.17. The molecule has 0 unspecified atom stereocenters. The Morgan fingerprint density at radius 3 is 2.47 bits per heavy atom. The maximum Gasteiger partial charge on any atom is 0.176 e. The van der Waals surface area contributed by atoms with Gasteiger partial charge in [0, 0.05) is 17.9 Å². The van der Waals surface area contributed by atoms with Crippen LogP contribution in [-0.4, -0.2) is 19.8 Å². The Labute approximate surface area is 100 Å². The average molecular weight is 251 g/mol. The first-order chi connectivity index (χ1) is 7.89. The fraction of sp³-hybridized carbons (Fsp3) is 0.250. The van der Waals surface area contributed by atoms with Crippen molar-refractivity contribution in [2.75, 3.05) is 6.26 Å². The quantitative estimate of drug-likeness (QED) is 0.822. The molecule has 0 aliphatic rings. The SMILES string of the molecule is Cc1cc(-c2c(C)cccc2S(C)(=O)=O)on1. The van der Waals surface area contributed by atoms with Crippen molar-refractivity contribution in [2.24, 2.45) is 0 Å². The molecule has 0 bridgehead atoms. The first-order valence-electron chi connectivity index (χ1n) is 5.13. The molecule has 0 saturated heterocycles. The zero-order chi connectivity index (χ0) is 12.6. The van der Waals surface area contributed by atoms with E-state index in [0.717, 1.165) is 11.3 Å². The minimum Gasteiger partial charge on any atom is -0.356 e. The van der Waals surface area contributed by atoms with Gasteiger partial charge in [-0.25, -0.2) is 8.42 Å². The third kappa shape index (κ3) is 2.24. The molecule has 0 atom stereocenters. The lowest BCUT2D eigenvalue weighted by Gasteiger charge is -2.07. The van der Waals surface area contributed by atoms with Crippen LogP contribution in [0.2, 0.25) is 0 Å². The highest BCUT2D eigenvalue weighted by Gasteiger charge is 2.19. The fourth-order valence-electron chi connectivity index (χ4n) is 1.75. The second-order valence-corrected chi connectivity index (χ2v) is 6.04. The van der Waals surface area contributed by atoms with Gasteiger partial charge in [-0.3, -0.25) is 0 Å². The van der Waals surface area contributed by atoms with Gasteiger partial charge in [-0.05, 0) is 25.5 Å². The molecule has 0 aliphatic heterocycles. The molecule has 1 aromatic carbocycles. The molecule has 17 heavy (non-hydrogen) atoms. The van der Waals surface area contributed by atoms with Crippen molar-refractivity contribution in [3.05, 3.63) is 35.5 Å². The first-order valence-corrected chi connectivity index (χ1v) is 7.02. The highest BCUT2D eigenvalue weighted by molar-refractivity contribution is 7.90.